The number of aromatic nitrogens is 1. The average Bonchev–Trinajstić information content (AvgIpc) is 3.34. The van der Waals surface area contributed by atoms with Crippen molar-refractivity contribution in [3.8, 4) is 23.0 Å². The number of rotatable bonds is 11. The van der Waals surface area contributed by atoms with Gasteiger partial charge in [0.25, 0.3) is 5.56 Å². The summed E-state index contributed by atoms with van der Waals surface area (Å²) in [6, 6.07) is 16.1. The Bertz CT molecular complexity index is 2020. The molecule has 0 fully saturated rings. The number of hydrogen-bond donors (Lipinski definition) is 0. The minimum absolute atomic E-state index is 0.0743. The lowest BCUT2D eigenvalue weighted by molar-refractivity contribution is -0.139. The van der Waals surface area contributed by atoms with Crippen molar-refractivity contribution in [2.75, 3.05) is 20.8 Å². The number of thiazole rings is 1. The third kappa shape index (κ3) is 7.50. The number of fused-ring (bicyclic) bond motifs is 1. The number of benzene rings is 3. The van der Waals surface area contributed by atoms with Crippen LogP contribution in [-0.2, 0) is 16.1 Å². The van der Waals surface area contributed by atoms with Gasteiger partial charge in [-0.25, -0.2) is 9.79 Å². The molecule has 1 aromatic heterocycles. The largest absolute Gasteiger partial charge is 0.493 e. The molecule has 0 unspecified atom stereocenters. The van der Waals surface area contributed by atoms with E-state index >= 15 is 0 Å². The molecule has 4 aromatic rings. The van der Waals surface area contributed by atoms with Crippen LogP contribution in [0.2, 0.25) is 0 Å². The zero-order chi connectivity index (χ0) is 33.8. The number of hydrogen-bond acceptors (Lipinski definition) is 9. The number of methoxy groups -OCH3 is 2. The van der Waals surface area contributed by atoms with E-state index in [0.717, 1.165) is 10.0 Å². The van der Waals surface area contributed by atoms with Crippen molar-refractivity contribution in [2.45, 2.75) is 46.4 Å². The van der Waals surface area contributed by atoms with Gasteiger partial charge in [-0.05, 0) is 86.9 Å². The summed E-state index contributed by atoms with van der Waals surface area (Å²) < 4.78 is 32.4. The van der Waals surface area contributed by atoms with Crippen LogP contribution >= 0.6 is 43.2 Å². The monoisotopic (exact) mass is 784 g/mol. The van der Waals surface area contributed by atoms with E-state index in [2.05, 4.69) is 36.9 Å². The third-order valence-electron chi connectivity index (χ3n) is 7.26. The van der Waals surface area contributed by atoms with E-state index < -0.39 is 12.0 Å². The van der Waals surface area contributed by atoms with Crippen LogP contribution in [0.1, 0.15) is 50.4 Å². The molecule has 0 spiro atoms. The quantitative estimate of drug-likeness (QED) is 0.156. The van der Waals surface area contributed by atoms with Gasteiger partial charge in [-0.2, -0.15) is 0 Å². The van der Waals surface area contributed by atoms with Crippen LogP contribution < -0.4 is 33.8 Å². The van der Waals surface area contributed by atoms with Crippen molar-refractivity contribution in [1.29, 1.82) is 0 Å². The number of carbonyl (C=O) groups excluding carboxylic acids is 1. The Kier molecular flexibility index (Phi) is 10.9. The topological polar surface area (TPSA) is 97.6 Å². The molecule has 0 bridgehead atoms. The molecule has 0 radical (unpaired) electrons. The lowest BCUT2D eigenvalue weighted by Gasteiger charge is -2.25. The SMILES string of the molecule is CCOC(=O)C1=C(C)N=c2s/c(=C\c3cc(OC)c(OCc4ccc(Br)cc4)cc3Br)c(=O)n2[C@@H]1c1ccc(OC(C)C)c(OC)c1. The number of nitrogens with zero attached hydrogens (tertiary/aromatic N) is 2. The summed E-state index contributed by atoms with van der Waals surface area (Å²) in [4.78, 5) is 32.7. The summed E-state index contributed by atoms with van der Waals surface area (Å²) in [7, 11) is 3.12. The van der Waals surface area contributed by atoms with Crippen LogP contribution in [0.5, 0.6) is 23.0 Å². The van der Waals surface area contributed by atoms with Gasteiger partial charge >= 0.3 is 5.97 Å². The van der Waals surface area contributed by atoms with Gasteiger partial charge in [0.15, 0.2) is 27.8 Å². The molecule has 3 aromatic carbocycles. The molecular weight excluding hydrogens is 752 g/mol. The van der Waals surface area contributed by atoms with E-state index in [0.29, 0.717) is 60.2 Å². The highest BCUT2D eigenvalue weighted by Gasteiger charge is 2.34. The van der Waals surface area contributed by atoms with Gasteiger partial charge in [0, 0.05) is 8.95 Å². The number of allylic oxidation sites excluding steroid dienone is 1. The van der Waals surface area contributed by atoms with Gasteiger partial charge in [0.05, 0.1) is 48.8 Å². The van der Waals surface area contributed by atoms with Gasteiger partial charge < -0.3 is 23.7 Å². The molecule has 5 rings (SSSR count). The summed E-state index contributed by atoms with van der Waals surface area (Å²) in [6.45, 7) is 7.87. The maximum atomic E-state index is 14.2. The Balaban J connectivity index is 1.59. The highest BCUT2D eigenvalue weighted by molar-refractivity contribution is 9.10. The number of halogens is 2. The van der Waals surface area contributed by atoms with Crippen LogP contribution in [0, 0.1) is 0 Å². The van der Waals surface area contributed by atoms with Crippen molar-refractivity contribution in [3.63, 3.8) is 0 Å². The lowest BCUT2D eigenvalue weighted by Crippen LogP contribution is -2.40. The van der Waals surface area contributed by atoms with Crippen molar-refractivity contribution >= 4 is 55.2 Å². The van der Waals surface area contributed by atoms with Gasteiger partial charge in [0.2, 0.25) is 0 Å². The predicted octanol–water partition coefficient (Wildman–Crippen LogP) is 6.71. The Hall–Kier alpha value is -3.87. The summed E-state index contributed by atoms with van der Waals surface area (Å²) in [5.74, 6) is 1.56. The molecule has 0 saturated heterocycles. The molecule has 0 saturated carbocycles. The Labute approximate surface area is 293 Å². The molecule has 1 aliphatic rings. The van der Waals surface area contributed by atoms with E-state index in [1.54, 1.807) is 46.3 Å². The summed E-state index contributed by atoms with van der Waals surface area (Å²) in [5, 5.41) is 0. The molecule has 0 aliphatic carbocycles. The van der Waals surface area contributed by atoms with E-state index in [9.17, 15) is 9.59 Å². The molecule has 12 heteroatoms. The van der Waals surface area contributed by atoms with Gasteiger partial charge in [-0.15, -0.1) is 0 Å². The molecule has 2 heterocycles. The highest BCUT2D eigenvalue weighted by Crippen LogP contribution is 2.37. The Morgan fingerprint density at radius 1 is 1.00 bits per heavy atom. The van der Waals surface area contributed by atoms with Crippen LogP contribution in [0.3, 0.4) is 0 Å². The van der Waals surface area contributed by atoms with Crippen molar-refractivity contribution in [2.24, 2.45) is 4.99 Å². The first kappa shape index (κ1) is 34.5. The smallest absolute Gasteiger partial charge is 0.338 e. The lowest BCUT2D eigenvalue weighted by atomic mass is 9.95. The molecule has 1 atom stereocenters. The zero-order valence-corrected chi connectivity index (χ0v) is 30.7. The number of ether oxygens (including phenoxy) is 5. The van der Waals surface area contributed by atoms with E-state index in [4.69, 9.17) is 23.7 Å². The van der Waals surface area contributed by atoms with Crippen LogP contribution in [0.15, 0.2) is 84.6 Å². The highest BCUT2D eigenvalue weighted by atomic mass is 79.9. The van der Waals surface area contributed by atoms with E-state index in [1.807, 2.05) is 56.3 Å². The minimum Gasteiger partial charge on any atom is -0.493 e. The molecule has 47 heavy (non-hydrogen) atoms. The van der Waals surface area contributed by atoms with Gasteiger partial charge in [-0.1, -0.05) is 61.4 Å². The normalized spacial score (nSPS) is 14.5. The Morgan fingerprint density at radius 3 is 2.36 bits per heavy atom. The van der Waals surface area contributed by atoms with Crippen molar-refractivity contribution in [3.05, 3.63) is 111 Å². The second-order valence-electron chi connectivity index (χ2n) is 10.8. The Morgan fingerprint density at radius 2 is 1.70 bits per heavy atom. The summed E-state index contributed by atoms with van der Waals surface area (Å²) in [6.07, 6.45) is 1.70. The van der Waals surface area contributed by atoms with E-state index in [1.165, 1.54) is 15.9 Å². The predicted molar refractivity (Wildman–Crippen MR) is 188 cm³/mol. The fourth-order valence-corrected chi connectivity index (χ4v) is 6.87. The first-order chi connectivity index (χ1) is 22.5. The van der Waals surface area contributed by atoms with Crippen LogP contribution in [0.4, 0.5) is 0 Å². The maximum Gasteiger partial charge on any atom is 0.338 e. The minimum atomic E-state index is -0.804. The molecular formula is C35H34Br2N2O7S. The molecule has 9 nitrogen and oxygen atoms in total. The third-order valence-corrected chi connectivity index (χ3v) is 9.46. The van der Waals surface area contributed by atoms with Gasteiger partial charge in [0.1, 0.15) is 6.61 Å². The maximum absolute atomic E-state index is 14.2. The molecule has 1 aliphatic heterocycles. The summed E-state index contributed by atoms with van der Waals surface area (Å²) >= 11 is 8.33. The average molecular weight is 787 g/mol. The van der Waals surface area contributed by atoms with E-state index in [-0.39, 0.29) is 23.8 Å². The number of carbonyl (C=O) groups is 1. The van der Waals surface area contributed by atoms with Crippen LogP contribution in [-0.4, -0.2) is 37.5 Å². The van der Waals surface area contributed by atoms with Gasteiger partial charge in [-0.3, -0.25) is 9.36 Å². The van der Waals surface area contributed by atoms with Crippen LogP contribution in [0.25, 0.3) is 6.08 Å². The molecule has 0 amide bonds. The second-order valence-corrected chi connectivity index (χ2v) is 13.6. The van der Waals surface area contributed by atoms with Crippen molar-refractivity contribution in [1.82, 2.24) is 4.57 Å². The zero-order valence-electron chi connectivity index (χ0n) is 26.8. The molecule has 0 N–H and O–H groups in total. The van der Waals surface area contributed by atoms with Crippen molar-refractivity contribution < 1.29 is 28.5 Å². The standard InChI is InChI=1S/C35H34Br2N2O7S/c1-7-44-34(41)31-20(4)38-35-39(32(31)22-10-13-26(46-19(2)3)27(14-22)42-5)33(40)30(47-35)16-23-15-28(43-6)29(17-25(23)37)45-18-21-8-11-24(36)12-9-21/h8-17,19,32H,7,18H2,1-6H3/b30-16-/t32-/m1/s1. The first-order valence-electron chi connectivity index (χ1n) is 14.8. The summed E-state index contributed by atoms with van der Waals surface area (Å²) in [5.41, 5.74) is 2.80. The first-order valence-corrected chi connectivity index (χ1v) is 17.2. The molecule has 246 valence electrons. The fourth-order valence-electron chi connectivity index (χ4n) is 5.13. The number of esters is 1. The second kappa shape index (κ2) is 14.9. The fraction of sp³-hybridized carbons (Fsp3) is 0.286.